The number of halogens is 1. The van der Waals surface area contributed by atoms with Crippen LogP contribution in [0, 0.1) is 5.82 Å². The minimum Gasteiger partial charge on any atom is -0.457 e. The highest BCUT2D eigenvalue weighted by Gasteiger charge is 2.13. The number of piperidine rings is 1. The van der Waals surface area contributed by atoms with Crippen molar-refractivity contribution in [1.82, 2.24) is 9.97 Å². The third-order valence-corrected chi connectivity index (χ3v) is 5.59. The van der Waals surface area contributed by atoms with Crippen molar-refractivity contribution in [3.05, 3.63) is 78.7 Å². The number of rotatable bonds is 5. The molecule has 0 radical (unpaired) electrons. The van der Waals surface area contributed by atoms with Gasteiger partial charge in [0.15, 0.2) is 0 Å². The van der Waals surface area contributed by atoms with Gasteiger partial charge >= 0.3 is 6.03 Å². The summed E-state index contributed by atoms with van der Waals surface area (Å²) >= 11 is 0. The van der Waals surface area contributed by atoms with Gasteiger partial charge < -0.3 is 20.3 Å². The third kappa shape index (κ3) is 5.23. The first kappa shape index (κ1) is 21.6. The van der Waals surface area contributed by atoms with Crippen LogP contribution in [0.5, 0.6) is 11.5 Å². The molecular weight excluding hydrogens is 433 g/mol. The van der Waals surface area contributed by atoms with Gasteiger partial charge in [-0.1, -0.05) is 12.1 Å². The number of carbonyl (C=O) groups is 1. The topological polar surface area (TPSA) is 79.4 Å². The molecular formula is C26H24FN5O2. The molecule has 1 aromatic heterocycles. The van der Waals surface area contributed by atoms with E-state index < -0.39 is 11.8 Å². The van der Waals surface area contributed by atoms with Crippen molar-refractivity contribution in [2.24, 2.45) is 0 Å². The minimum absolute atomic E-state index is 0.367. The SMILES string of the molecule is O=C(Nc1cccc(F)c1)Nc1cccc(Oc2ccc3ncc(N4CCCCC4)nc3c2)c1. The van der Waals surface area contributed by atoms with Crippen LogP contribution in [0.3, 0.4) is 0 Å². The van der Waals surface area contributed by atoms with Gasteiger partial charge in [0.25, 0.3) is 0 Å². The molecule has 2 amide bonds. The van der Waals surface area contributed by atoms with E-state index >= 15 is 0 Å². The Bertz CT molecular complexity index is 1320. The number of amides is 2. The average Bonchev–Trinajstić information content (AvgIpc) is 2.84. The van der Waals surface area contributed by atoms with Crippen molar-refractivity contribution in [3.8, 4) is 11.5 Å². The number of anilines is 3. The van der Waals surface area contributed by atoms with Crippen LogP contribution in [0.25, 0.3) is 11.0 Å². The molecule has 5 rings (SSSR count). The Balaban J connectivity index is 1.28. The average molecular weight is 458 g/mol. The number of aromatic nitrogens is 2. The van der Waals surface area contributed by atoms with E-state index in [2.05, 4.69) is 20.5 Å². The van der Waals surface area contributed by atoms with Crippen LogP contribution < -0.4 is 20.3 Å². The highest BCUT2D eigenvalue weighted by atomic mass is 19.1. The van der Waals surface area contributed by atoms with Gasteiger partial charge in [0.2, 0.25) is 0 Å². The highest BCUT2D eigenvalue weighted by molar-refractivity contribution is 5.99. The summed E-state index contributed by atoms with van der Waals surface area (Å²) in [7, 11) is 0. The van der Waals surface area contributed by atoms with Crippen LogP contribution in [-0.4, -0.2) is 29.1 Å². The van der Waals surface area contributed by atoms with Gasteiger partial charge in [-0.25, -0.2) is 14.2 Å². The zero-order valence-electron chi connectivity index (χ0n) is 18.5. The van der Waals surface area contributed by atoms with Crippen LogP contribution in [0.1, 0.15) is 19.3 Å². The van der Waals surface area contributed by atoms with Crippen molar-refractivity contribution in [3.63, 3.8) is 0 Å². The Kier molecular flexibility index (Phi) is 6.20. The van der Waals surface area contributed by atoms with Crippen molar-refractivity contribution in [1.29, 1.82) is 0 Å². The normalized spacial score (nSPS) is 13.5. The maximum atomic E-state index is 13.3. The first-order valence-electron chi connectivity index (χ1n) is 11.3. The number of hydrogen-bond donors (Lipinski definition) is 2. The molecule has 4 aromatic rings. The van der Waals surface area contributed by atoms with Crippen molar-refractivity contribution in [2.45, 2.75) is 19.3 Å². The Hall–Kier alpha value is -4.20. The maximum Gasteiger partial charge on any atom is 0.323 e. The molecule has 0 unspecified atom stereocenters. The van der Waals surface area contributed by atoms with Crippen molar-refractivity contribution in [2.75, 3.05) is 28.6 Å². The van der Waals surface area contributed by atoms with Crippen LogP contribution in [0.2, 0.25) is 0 Å². The van der Waals surface area contributed by atoms with E-state index in [0.717, 1.165) is 29.9 Å². The zero-order valence-corrected chi connectivity index (χ0v) is 18.5. The third-order valence-electron chi connectivity index (χ3n) is 5.59. The minimum atomic E-state index is -0.478. The van der Waals surface area contributed by atoms with Gasteiger partial charge in [0.1, 0.15) is 23.1 Å². The molecule has 0 saturated carbocycles. The van der Waals surface area contributed by atoms with E-state index in [1.165, 1.54) is 37.5 Å². The molecule has 0 spiro atoms. The molecule has 7 nitrogen and oxygen atoms in total. The van der Waals surface area contributed by atoms with Gasteiger partial charge in [-0.05, 0) is 61.7 Å². The summed E-state index contributed by atoms with van der Waals surface area (Å²) in [4.78, 5) is 23.9. The first-order valence-corrected chi connectivity index (χ1v) is 11.3. The summed E-state index contributed by atoms with van der Waals surface area (Å²) in [6.07, 6.45) is 5.44. The highest BCUT2D eigenvalue weighted by Crippen LogP contribution is 2.27. The molecule has 1 saturated heterocycles. The molecule has 8 heteroatoms. The number of ether oxygens (including phenoxy) is 1. The van der Waals surface area contributed by atoms with E-state index in [9.17, 15) is 9.18 Å². The van der Waals surface area contributed by atoms with Crippen molar-refractivity contribution < 1.29 is 13.9 Å². The summed E-state index contributed by atoms with van der Waals surface area (Å²) in [5.74, 6) is 1.65. The molecule has 1 aliphatic rings. The van der Waals surface area contributed by atoms with E-state index in [4.69, 9.17) is 9.72 Å². The Morgan fingerprint density at radius 1 is 0.853 bits per heavy atom. The maximum absolute atomic E-state index is 13.3. The number of urea groups is 1. The molecule has 172 valence electrons. The quantitative estimate of drug-likeness (QED) is 0.373. The lowest BCUT2D eigenvalue weighted by molar-refractivity contribution is 0.262. The summed E-state index contributed by atoms with van der Waals surface area (Å²) in [5, 5.41) is 5.33. The van der Waals surface area contributed by atoms with E-state index in [0.29, 0.717) is 22.9 Å². The molecule has 0 bridgehead atoms. The fraction of sp³-hybridized carbons (Fsp3) is 0.192. The van der Waals surface area contributed by atoms with Gasteiger partial charge in [0.05, 0.1) is 17.2 Å². The lowest BCUT2D eigenvalue weighted by Crippen LogP contribution is -2.30. The number of nitrogens with one attached hydrogen (secondary N) is 2. The number of fused-ring (bicyclic) bond motifs is 1. The van der Waals surface area contributed by atoms with Crippen molar-refractivity contribution >= 4 is 34.3 Å². The second-order valence-electron chi connectivity index (χ2n) is 8.15. The summed E-state index contributed by atoms with van der Waals surface area (Å²) < 4.78 is 19.3. The smallest absolute Gasteiger partial charge is 0.323 e. The predicted octanol–water partition coefficient (Wildman–Crippen LogP) is 6.20. The number of carbonyl (C=O) groups excluding carboxylic acids is 1. The first-order chi connectivity index (χ1) is 16.6. The lowest BCUT2D eigenvalue weighted by atomic mass is 10.1. The molecule has 2 heterocycles. The largest absolute Gasteiger partial charge is 0.457 e. The van der Waals surface area contributed by atoms with Crippen LogP contribution in [-0.2, 0) is 0 Å². The fourth-order valence-electron chi connectivity index (χ4n) is 3.95. The van der Waals surface area contributed by atoms with Crippen LogP contribution >= 0.6 is 0 Å². The fourth-order valence-corrected chi connectivity index (χ4v) is 3.95. The Morgan fingerprint density at radius 3 is 2.38 bits per heavy atom. The number of hydrogen-bond acceptors (Lipinski definition) is 5. The second-order valence-corrected chi connectivity index (χ2v) is 8.15. The number of nitrogens with zero attached hydrogens (tertiary/aromatic N) is 3. The Morgan fingerprint density at radius 2 is 1.59 bits per heavy atom. The summed E-state index contributed by atoms with van der Waals surface area (Å²) in [6.45, 7) is 2.01. The second kappa shape index (κ2) is 9.74. The standard InChI is InChI=1S/C26H24FN5O2/c27-18-6-4-7-19(14-18)29-26(33)30-20-8-5-9-21(15-20)34-22-10-11-23-24(16-22)31-25(17-28-23)32-12-2-1-3-13-32/h4-11,14-17H,1-3,12-13H2,(H2,29,30,33). The molecule has 0 atom stereocenters. The van der Waals surface area contributed by atoms with Gasteiger partial charge in [0, 0.05) is 36.6 Å². The Labute approximate surface area is 196 Å². The molecule has 34 heavy (non-hydrogen) atoms. The lowest BCUT2D eigenvalue weighted by Gasteiger charge is -2.27. The van der Waals surface area contributed by atoms with E-state index in [1.807, 2.05) is 24.4 Å². The molecule has 1 aliphatic heterocycles. The van der Waals surface area contributed by atoms with E-state index in [-0.39, 0.29) is 0 Å². The molecule has 0 aliphatic carbocycles. The van der Waals surface area contributed by atoms with Crippen LogP contribution in [0.4, 0.5) is 26.4 Å². The van der Waals surface area contributed by atoms with Gasteiger partial charge in [-0.3, -0.25) is 4.98 Å². The predicted molar refractivity (Wildman–Crippen MR) is 131 cm³/mol. The monoisotopic (exact) mass is 457 g/mol. The van der Waals surface area contributed by atoms with Gasteiger partial charge in [-0.2, -0.15) is 0 Å². The summed E-state index contributed by atoms with van der Waals surface area (Å²) in [6, 6.07) is 17.9. The zero-order chi connectivity index (χ0) is 23.3. The van der Waals surface area contributed by atoms with E-state index in [1.54, 1.807) is 30.3 Å². The molecule has 1 fully saturated rings. The van der Waals surface area contributed by atoms with Crippen LogP contribution in [0.15, 0.2) is 72.9 Å². The molecule has 3 aromatic carbocycles. The number of benzene rings is 3. The summed E-state index contributed by atoms with van der Waals surface area (Å²) in [5.41, 5.74) is 2.48. The van der Waals surface area contributed by atoms with Gasteiger partial charge in [-0.15, -0.1) is 0 Å². The molecule has 2 N–H and O–H groups in total.